The minimum absolute atomic E-state index is 0.102. The summed E-state index contributed by atoms with van der Waals surface area (Å²) in [6, 6.07) is 13.0. The van der Waals surface area contributed by atoms with Crippen LogP contribution in [0.25, 0.3) is 0 Å². The minimum Gasteiger partial charge on any atom is -0.485 e. The number of halogens is 7. The number of ether oxygens (including phenoxy) is 3. The van der Waals surface area contributed by atoms with Gasteiger partial charge in [-0.2, -0.15) is 26.3 Å². The Bertz CT molecular complexity index is 1430. The maximum Gasteiger partial charge on any atom is 0.416 e. The predicted octanol–water partition coefficient (Wildman–Crippen LogP) is 10.3. The van der Waals surface area contributed by atoms with Gasteiger partial charge in [0.15, 0.2) is 0 Å². The maximum absolute atomic E-state index is 13.5. The topological polar surface area (TPSA) is 39.7 Å². The van der Waals surface area contributed by atoms with E-state index in [0.29, 0.717) is 42.5 Å². The summed E-state index contributed by atoms with van der Waals surface area (Å²) in [4.78, 5) is 0. The third kappa shape index (κ3) is 8.53. The van der Waals surface area contributed by atoms with E-state index in [4.69, 9.17) is 14.2 Å². The normalized spacial score (nSPS) is 20.2. The van der Waals surface area contributed by atoms with Gasteiger partial charge in [0.05, 0.1) is 17.7 Å². The first kappa shape index (κ1) is 34.0. The van der Waals surface area contributed by atoms with E-state index in [9.17, 15) is 30.7 Å². The van der Waals surface area contributed by atoms with Gasteiger partial charge in [-0.15, -0.1) is 0 Å². The fourth-order valence-electron chi connectivity index (χ4n) is 6.24. The number of fused-ring (bicyclic) bond motifs is 1. The maximum atomic E-state index is 13.5. The first-order valence-corrected chi connectivity index (χ1v) is 15.5. The van der Waals surface area contributed by atoms with Crippen LogP contribution in [-0.2, 0) is 35.0 Å². The Balaban J connectivity index is 1.41. The molecule has 2 aliphatic rings. The predicted molar refractivity (Wildman–Crippen MR) is 160 cm³/mol. The van der Waals surface area contributed by atoms with Gasteiger partial charge in [0.25, 0.3) is 0 Å². The zero-order valence-corrected chi connectivity index (χ0v) is 25.7. The molecule has 1 saturated carbocycles. The molecule has 2 unspecified atom stereocenters. The van der Waals surface area contributed by atoms with Crippen LogP contribution in [0.1, 0.15) is 86.3 Å². The van der Waals surface area contributed by atoms with Crippen LogP contribution in [0.3, 0.4) is 0 Å². The monoisotopic (exact) mass is 653 g/mol. The average molecular weight is 654 g/mol. The molecule has 1 aliphatic carbocycles. The van der Waals surface area contributed by atoms with Crippen LogP contribution in [0.15, 0.2) is 60.7 Å². The molecule has 46 heavy (non-hydrogen) atoms. The van der Waals surface area contributed by atoms with Crippen molar-refractivity contribution in [3.05, 3.63) is 94.3 Å². The first-order valence-electron chi connectivity index (χ1n) is 15.5. The second kappa shape index (κ2) is 13.8. The van der Waals surface area contributed by atoms with Crippen LogP contribution >= 0.6 is 0 Å². The summed E-state index contributed by atoms with van der Waals surface area (Å²) in [6.45, 7) is 3.80. The number of alkyl halides is 6. The summed E-state index contributed by atoms with van der Waals surface area (Å²) in [5, 5.41) is 3.31. The summed E-state index contributed by atoms with van der Waals surface area (Å²) >= 11 is 0. The molecule has 1 fully saturated rings. The molecular weight excluding hydrogens is 615 g/mol. The van der Waals surface area contributed by atoms with Crippen molar-refractivity contribution in [2.24, 2.45) is 5.92 Å². The third-order valence-electron chi connectivity index (χ3n) is 8.68. The molecule has 0 aromatic heterocycles. The lowest BCUT2D eigenvalue weighted by Crippen LogP contribution is -2.51. The van der Waals surface area contributed by atoms with Crippen molar-refractivity contribution in [3.8, 4) is 5.75 Å². The molecule has 0 amide bonds. The molecule has 250 valence electrons. The molecule has 1 heterocycles. The second-order valence-electron chi connectivity index (χ2n) is 12.7. The fourth-order valence-corrected chi connectivity index (χ4v) is 6.24. The van der Waals surface area contributed by atoms with Gasteiger partial charge in [-0.1, -0.05) is 44.2 Å². The van der Waals surface area contributed by atoms with Gasteiger partial charge in [-0.25, -0.2) is 4.39 Å². The number of hydrogen-bond acceptors (Lipinski definition) is 4. The molecule has 3 aromatic carbocycles. The lowest BCUT2D eigenvalue weighted by Gasteiger charge is -2.44. The van der Waals surface area contributed by atoms with Crippen molar-refractivity contribution in [2.45, 2.75) is 95.7 Å². The Kier molecular flexibility index (Phi) is 10.2. The highest BCUT2D eigenvalue weighted by molar-refractivity contribution is 5.54. The number of rotatable bonds is 10. The molecule has 11 heteroatoms. The highest BCUT2D eigenvalue weighted by Gasteiger charge is 2.46. The first-order chi connectivity index (χ1) is 21.7. The number of hydrogen-bond donors (Lipinski definition) is 1. The molecule has 5 rings (SSSR count). The summed E-state index contributed by atoms with van der Waals surface area (Å²) in [6.07, 6.45) is -4.91. The van der Waals surface area contributed by atoms with Crippen LogP contribution in [-0.4, -0.2) is 18.3 Å². The van der Waals surface area contributed by atoms with Crippen LogP contribution in [0.2, 0.25) is 0 Å². The van der Waals surface area contributed by atoms with Crippen molar-refractivity contribution in [3.63, 3.8) is 0 Å². The van der Waals surface area contributed by atoms with E-state index < -0.39 is 47.9 Å². The number of benzene rings is 3. The van der Waals surface area contributed by atoms with Gasteiger partial charge in [0.2, 0.25) is 0 Å². The van der Waals surface area contributed by atoms with Gasteiger partial charge in [0, 0.05) is 24.4 Å². The second-order valence-corrected chi connectivity index (χ2v) is 12.7. The lowest BCUT2D eigenvalue weighted by molar-refractivity contribution is -0.168. The molecule has 0 saturated heterocycles. The zero-order valence-electron chi connectivity index (χ0n) is 25.7. The van der Waals surface area contributed by atoms with E-state index in [0.717, 1.165) is 30.5 Å². The standard InChI is InChI=1S/C35H38F7NO3/c1-33(2)32(45-21-24-16-25(34(37,38)39)18-26(17-24)35(40,41)42)31(44-15-14-22-6-4-3-5-7-22)29-19-28(12-13-30(29)46-33)43-20-23-8-10-27(36)11-9-23/h8-13,16-19,22,31-32,43H,3-7,14-15,20-21H2,1-2H3. The van der Waals surface area contributed by atoms with Crippen LogP contribution in [0.4, 0.5) is 36.4 Å². The Morgan fingerprint density at radius 2 is 1.46 bits per heavy atom. The van der Waals surface area contributed by atoms with Gasteiger partial charge in [0.1, 0.15) is 29.4 Å². The van der Waals surface area contributed by atoms with Crippen LogP contribution < -0.4 is 10.1 Å². The molecule has 1 N–H and O–H groups in total. The highest BCUT2D eigenvalue weighted by Crippen LogP contribution is 2.45. The summed E-state index contributed by atoms with van der Waals surface area (Å²) in [7, 11) is 0. The number of anilines is 1. The molecule has 0 radical (unpaired) electrons. The molecule has 0 spiro atoms. The van der Waals surface area contributed by atoms with Crippen molar-refractivity contribution < 1.29 is 44.9 Å². The Hall–Kier alpha value is -3.31. The molecule has 0 bridgehead atoms. The van der Waals surface area contributed by atoms with Crippen LogP contribution in [0.5, 0.6) is 5.75 Å². The molecule has 2 atom stereocenters. The van der Waals surface area contributed by atoms with E-state index >= 15 is 0 Å². The lowest BCUT2D eigenvalue weighted by atomic mass is 9.86. The summed E-state index contributed by atoms with van der Waals surface area (Å²) in [5.74, 6) is 0.727. The average Bonchev–Trinajstić information content (AvgIpc) is 2.99. The Labute approximate surface area is 264 Å². The van der Waals surface area contributed by atoms with Gasteiger partial charge in [-0.3, -0.25) is 0 Å². The van der Waals surface area contributed by atoms with Gasteiger partial charge >= 0.3 is 12.4 Å². The Morgan fingerprint density at radius 3 is 2.09 bits per heavy atom. The minimum atomic E-state index is -4.97. The molecule has 4 nitrogen and oxygen atoms in total. The fraction of sp³-hybridized carbons (Fsp3) is 0.486. The quantitative estimate of drug-likeness (QED) is 0.221. The number of nitrogens with one attached hydrogen (secondary N) is 1. The molecule has 1 aliphatic heterocycles. The zero-order chi connectivity index (χ0) is 33.1. The third-order valence-corrected chi connectivity index (χ3v) is 8.68. The summed E-state index contributed by atoms with van der Waals surface area (Å²) < 4.78 is 114. The van der Waals surface area contributed by atoms with E-state index in [1.54, 1.807) is 32.0 Å². The van der Waals surface area contributed by atoms with Gasteiger partial charge < -0.3 is 19.5 Å². The van der Waals surface area contributed by atoms with Gasteiger partial charge in [-0.05, 0) is 85.8 Å². The SMILES string of the molecule is CC1(C)Oc2ccc(NCc3ccc(F)cc3)cc2C(OCCC2CCCCC2)C1OCc1cc(C(F)(F)F)cc(C(F)(F)F)c1. The van der Waals surface area contributed by atoms with E-state index in [-0.39, 0.29) is 17.4 Å². The van der Waals surface area contributed by atoms with E-state index in [1.165, 1.54) is 31.4 Å². The summed E-state index contributed by atoms with van der Waals surface area (Å²) in [5.41, 5.74) is -1.88. The van der Waals surface area contributed by atoms with Crippen molar-refractivity contribution in [1.82, 2.24) is 0 Å². The van der Waals surface area contributed by atoms with E-state index in [1.807, 2.05) is 12.1 Å². The van der Waals surface area contributed by atoms with Crippen molar-refractivity contribution in [1.29, 1.82) is 0 Å². The van der Waals surface area contributed by atoms with Crippen molar-refractivity contribution >= 4 is 5.69 Å². The van der Waals surface area contributed by atoms with Crippen LogP contribution in [0, 0.1) is 11.7 Å². The highest BCUT2D eigenvalue weighted by atomic mass is 19.4. The van der Waals surface area contributed by atoms with Crippen molar-refractivity contribution in [2.75, 3.05) is 11.9 Å². The molecular formula is C35H38F7NO3. The van der Waals surface area contributed by atoms with E-state index in [2.05, 4.69) is 5.32 Å². The largest absolute Gasteiger partial charge is 0.485 e. The Morgan fingerprint density at radius 1 is 0.804 bits per heavy atom. The molecule has 3 aromatic rings. The smallest absolute Gasteiger partial charge is 0.416 e.